The van der Waals surface area contributed by atoms with Crippen LogP contribution in [0.5, 0.6) is 0 Å². The van der Waals surface area contributed by atoms with Crippen molar-refractivity contribution in [3.8, 4) is 0 Å². The second kappa shape index (κ2) is 9.50. The molecule has 0 amide bonds. The zero-order valence-electron chi connectivity index (χ0n) is 15.9. The fraction of sp³-hybridized carbons (Fsp3) is 0.739. The van der Waals surface area contributed by atoms with Crippen molar-refractivity contribution in [3.63, 3.8) is 0 Å². The van der Waals surface area contributed by atoms with Gasteiger partial charge in [0.25, 0.3) is 0 Å². The van der Waals surface area contributed by atoms with Crippen LogP contribution in [0.4, 0.5) is 0 Å². The average molecular weight is 315 g/mol. The smallest absolute Gasteiger partial charge is 0.00469 e. The molecule has 0 bridgehead atoms. The van der Waals surface area contributed by atoms with Crippen LogP contribution < -0.4 is 0 Å². The minimum absolute atomic E-state index is 0.500. The average Bonchev–Trinajstić information content (AvgIpc) is 2.57. The monoisotopic (exact) mass is 314 g/mol. The molecule has 2 rings (SSSR count). The summed E-state index contributed by atoms with van der Waals surface area (Å²) in [6.45, 7) is 6.95. The SMILES string of the molecule is CCCCCc1ccc(C2(CCCCC)CCCCC2)cc1C. The van der Waals surface area contributed by atoms with Gasteiger partial charge in [0.05, 0.1) is 0 Å². The Morgan fingerprint density at radius 3 is 2.22 bits per heavy atom. The van der Waals surface area contributed by atoms with Gasteiger partial charge in [-0.25, -0.2) is 0 Å². The minimum atomic E-state index is 0.500. The molecule has 0 aromatic heterocycles. The van der Waals surface area contributed by atoms with Crippen LogP contribution in [-0.2, 0) is 11.8 Å². The van der Waals surface area contributed by atoms with E-state index in [0.29, 0.717) is 5.41 Å². The molecular weight excluding hydrogens is 276 g/mol. The second-order valence-corrected chi connectivity index (χ2v) is 7.90. The Labute approximate surface area is 145 Å². The van der Waals surface area contributed by atoms with E-state index < -0.39 is 0 Å². The third kappa shape index (κ3) is 5.10. The van der Waals surface area contributed by atoms with Crippen LogP contribution in [-0.4, -0.2) is 0 Å². The first-order valence-corrected chi connectivity index (χ1v) is 10.3. The van der Waals surface area contributed by atoms with E-state index in [1.165, 1.54) is 83.5 Å². The number of unbranched alkanes of at least 4 members (excludes halogenated alkanes) is 4. The van der Waals surface area contributed by atoms with Crippen molar-refractivity contribution in [2.45, 2.75) is 110 Å². The van der Waals surface area contributed by atoms with Crippen molar-refractivity contribution >= 4 is 0 Å². The second-order valence-electron chi connectivity index (χ2n) is 7.90. The normalized spacial score (nSPS) is 17.3. The number of rotatable bonds is 9. The van der Waals surface area contributed by atoms with Gasteiger partial charge in [-0.15, -0.1) is 0 Å². The summed E-state index contributed by atoms with van der Waals surface area (Å²) in [5.74, 6) is 0. The van der Waals surface area contributed by atoms with Crippen molar-refractivity contribution in [1.82, 2.24) is 0 Å². The maximum absolute atomic E-state index is 2.55. The van der Waals surface area contributed by atoms with E-state index in [0.717, 1.165) is 0 Å². The summed E-state index contributed by atoms with van der Waals surface area (Å²) in [7, 11) is 0. The zero-order chi connectivity index (χ0) is 16.5. The van der Waals surface area contributed by atoms with Gasteiger partial charge in [-0.05, 0) is 61.1 Å². The lowest BCUT2D eigenvalue weighted by molar-refractivity contribution is 0.266. The third-order valence-electron chi connectivity index (χ3n) is 6.07. The van der Waals surface area contributed by atoms with Gasteiger partial charge < -0.3 is 0 Å². The Balaban J connectivity index is 2.13. The summed E-state index contributed by atoms with van der Waals surface area (Å²) in [4.78, 5) is 0. The summed E-state index contributed by atoms with van der Waals surface area (Å²) in [6.07, 6.45) is 18.0. The van der Waals surface area contributed by atoms with Crippen molar-refractivity contribution in [3.05, 3.63) is 34.9 Å². The van der Waals surface area contributed by atoms with Gasteiger partial charge in [0.2, 0.25) is 0 Å². The molecule has 1 aliphatic carbocycles. The Kier molecular flexibility index (Phi) is 7.66. The first kappa shape index (κ1) is 18.6. The van der Waals surface area contributed by atoms with Crippen LogP contribution in [0, 0.1) is 6.92 Å². The van der Waals surface area contributed by atoms with Gasteiger partial charge in [0, 0.05) is 0 Å². The van der Waals surface area contributed by atoms with Gasteiger partial charge in [-0.3, -0.25) is 0 Å². The van der Waals surface area contributed by atoms with Crippen LogP contribution in [0.3, 0.4) is 0 Å². The van der Waals surface area contributed by atoms with Crippen molar-refractivity contribution < 1.29 is 0 Å². The molecule has 1 fully saturated rings. The third-order valence-corrected chi connectivity index (χ3v) is 6.07. The maximum atomic E-state index is 2.55. The van der Waals surface area contributed by atoms with Gasteiger partial charge in [-0.2, -0.15) is 0 Å². The van der Waals surface area contributed by atoms with E-state index >= 15 is 0 Å². The van der Waals surface area contributed by atoms with Crippen molar-refractivity contribution in [2.24, 2.45) is 0 Å². The maximum Gasteiger partial charge on any atom is -0.00469 e. The minimum Gasteiger partial charge on any atom is -0.0654 e. The van der Waals surface area contributed by atoms with E-state index in [4.69, 9.17) is 0 Å². The highest BCUT2D eigenvalue weighted by Crippen LogP contribution is 2.43. The fourth-order valence-corrected chi connectivity index (χ4v) is 4.50. The van der Waals surface area contributed by atoms with Crippen LogP contribution in [0.15, 0.2) is 18.2 Å². The topological polar surface area (TPSA) is 0 Å². The molecule has 0 N–H and O–H groups in total. The molecule has 0 spiro atoms. The van der Waals surface area contributed by atoms with E-state index in [-0.39, 0.29) is 0 Å². The molecule has 0 unspecified atom stereocenters. The van der Waals surface area contributed by atoms with E-state index in [1.54, 1.807) is 16.7 Å². The van der Waals surface area contributed by atoms with Crippen LogP contribution in [0.1, 0.15) is 108 Å². The summed E-state index contributed by atoms with van der Waals surface area (Å²) in [5, 5.41) is 0. The Hall–Kier alpha value is -0.780. The number of benzene rings is 1. The van der Waals surface area contributed by atoms with Crippen molar-refractivity contribution in [1.29, 1.82) is 0 Å². The molecule has 0 heterocycles. The van der Waals surface area contributed by atoms with E-state index in [2.05, 4.69) is 39.0 Å². The first-order chi connectivity index (χ1) is 11.2. The Morgan fingerprint density at radius 2 is 1.57 bits per heavy atom. The predicted molar refractivity (Wildman–Crippen MR) is 103 cm³/mol. The van der Waals surface area contributed by atoms with Gasteiger partial charge >= 0.3 is 0 Å². The molecule has 1 saturated carbocycles. The van der Waals surface area contributed by atoms with Crippen LogP contribution in [0.25, 0.3) is 0 Å². The molecule has 0 heteroatoms. The molecular formula is C23H38. The standard InChI is InChI=1S/C23H38/c1-4-6-9-13-21-14-15-22(19-20(21)3)23(16-10-7-5-2)17-11-8-12-18-23/h14-15,19H,4-13,16-18H2,1-3H3. The first-order valence-electron chi connectivity index (χ1n) is 10.3. The highest BCUT2D eigenvalue weighted by atomic mass is 14.4. The quantitative estimate of drug-likeness (QED) is 0.414. The molecule has 1 aromatic carbocycles. The molecule has 0 saturated heterocycles. The van der Waals surface area contributed by atoms with Gasteiger partial charge in [-0.1, -0.05) is 83.4 Å². The molecule has 0 nitrogen and oxygen atoms in total. The molecule has 1 aliphatic rings. The van der Waals surface area contributed by atoms with Gasteiger partial charge in [0.15, 0.2) is 0 Å². The van der Waals surface area contributed by atoms with E-state index in [1.807, 2.05) is 0 Å². The summed E-state index contributed by atoms with van der Waals surface area (Å²) in [5.41, 5.74) is 5.28. The number of hydrogen-bond acceptors (Lipinski definition) is 0. The molecule has 0 aliphatic heterocycles. The summed E-state index contributed by atoms with van der Waals surface area (Å²) < 4.78 is 0. The summed E-state index contributed by atoms with van der Waals surface area (Å²) in [6, 6.07) is 7.50. The molecule has 0 radical (unpaired) electrons. The number of aryl methyl sites for hydroxylation is 2. The van der Waals surface area contributed by atoms with Crippen molar-refractivity contribution in [2.75, 3.05) is 0 Å². The van der Waals surface area contributed by atoms with Gasteiger partial charge in [0.1, 0.15) is 0 Å². The Morgan fingerprint density at radius 1 is 0.870 bits per heavy atom. The van der Waals surface area contributed by atoms with Crippen LogP contribution >= 0.6 is 0 Å². The lowest BCUT2D eigenvalue weighted by Crippen LogP contribution is -2.29. The molecule has 0 atom stereocenters. The molecule has 130 valence electrons. The molecule has 23 heavy (non-hydrogen) atoms. The zero-order valence-corrected chi connectivity index (χ0v) is 15.9. The largest absolute Gasteiger partial charge is 0.0654 e. The highest BCUT2D eigenvalue weighted by Gasteiger charge is 2.33. The Bertz CT molecular complexity index is 451. The van der Waals surface area contributed by atoms with Crippen LogP contribution in [0.2, 0.25) is 0 Å². The fourth-order valence-electron chi connectivity index (χ4n) is 4.50. The highest BCUT2D eigenvalue weighted by molar-refractivity contribution is 5.36. The summed E-state index contributed by atoms with van der Waals surface area (Å²) >= 11 is 0. The predicted octanol–water partition coefficient (Wildman–Crippen LogP) is 7.51. The lowest BCUT2D eigenvalue weighted by atomic mass is 9.66. The lowest BCUT2D eigenvalue weighted by Gasteiger charge is -2.38. The number of hydrogen-bond donors (Lipinski definition) is 0. The molecule has 1 aromatic rings. The van der Waals surface area contributed by atoms with E-state index in [9.17, 15) is 0 Å².